The Morgan fingerprint density at radius 3 is 2.17 bits per heavy atom. The van der Waals surface area contributed by atoms with Gasteiger partial charge in [0.25, 0.3) is 0 Å². The summed E-state index contributed by atoms with van der Waals surface area (Å²) in [6.07, 6.45) is 1.93. The van der Waals surface area contributed by atoms with Crippen molar-refractivity contribution < 1.29 is 9.47 Å². The van der Waals surface area contributed by atoms with E-state index < -0.39 is 0 Å². The van der Waals surface area contributed by atoms with Crippen molar-refractivity contribution in [1.29, 1.82) is 0 Å². The van der Waals surface area contributed by atoms with E-state index in [1.807, 2.05) is 0 Å². The predicted octanol–water partition coefficient (Wildman–Crippen LogP) is 3.71. The largest absolute Gasteiger partial charge is 0.353 e. The zero-order valence-corrected chi connectivity index (χ0v) is 13.7. The van der Waals surface area contributed by atoms with Crippen LogP contribution >= 0.6 is 0 Å². The van der Waals surface area contributed by atoms with E-state index in [9.17, 15) is 0 Å². The Kier molecular flexibility index (Phi) is 5.44. The Bertz CT molecular complexity index is 579. The fourth-order valence-corrected chi connectivity index (χ4v) is 3.12. The highest BCUT2D eigenvalue weighted by Crippen LogP contribution is 2.25. The molecule has 1 atom stereocenters. The van der Waals surface area contributed by atoms with Crippen LogP contribution in [0.5, 0.6) is 0 Å². The molecule has 2 aromatic carbocycles. The molecule has 1 saturated heterocycles. The molecule has 0 spiro atoms. The average molecular weight is 311 g/mol. The molecule has 3 rings (SSSR count). The lowest BCUT2D eigenvalue weighted by atomic mass is 9.91. The van der Waals surface area contributed by atoms with E-state index in [0.29, 0.717) is 20.0 Å². The summed E-state index contributed by atoms with van der Waals surface area (Å²) in [5, 5.41) is 3.83. The third-order valence-corrected chi connectivity index (χ3v) is 4.57. The third kappa shape index (κ3) is 4.20. The van der Waals surface area contributed by atoms with Crippen molar-refractivity contribution in [2.75, 3.05) is 20.0 Å². The van der Waals surface area contributed by atoms with Gasteiger partial charge in [0.1, 0.15) is 6.79 Å². The minimum atomic E-state index is -0.118. The highest BCUT2D eigenvalue weighted by Gasteiger charge is 2.34. The second-order valence-electron chi connectivity index (χ2n) is 6.25. The van der Waals surface area contributed by atoms with Gasteiger partial charge in [-0.15, -0.1) is 0 Å². The van der Waals surface area contributed by atoms with Gasteiger partial charge < -0.3 is 9.47 Å². The number of nitrogens with one attached hydrogen (secondary N) is 1. The van der Waals surface area contributed by atoms with Crippen molar-refractivity contribution in [3.8, 4) is 0 Å². The van der Waals surface area contributed by atoms with Crippen molar-refractivity contribution in [3.63, 3.8) is 0 Å². The lowest BCUT2D eigenvalue weighted by Gasteiger charge is -2.40. The zero-order chi connectivity index (χ0) is 16.0. The predicted molar refractivity (Wildman–Crippen MR) is 92.3 cm³/mol. The second-order valence-corrected chi connectivity index (χ2v) is 6.25. The summed E-state index contributed by atoms with van der Waals surface area (Å²) in [6, 6.07) is 21.5. The molecule has 23 heavy (non-hydrogen) atoms. The molecule has 2 aromatic rings. The van der Waals surface area contributed by atoms with Gasteiger partial charge in [-0.3, -0.25) is 5.32 Å². The number of ether oxygens (including phenoxy) is 2. The molecule has 0 saturated carbocycles. The smallest absolute Gasteiger partial charge is 0.146 e. The van der Waals surface area contributed by atoms with E-state index >= 15 is 0 Å². The standard InChI is InChI=1S/C20H25NO2/c1-2-20(14-22-16-23-15-20)21-19(18-11-7-4-8-12-18)13-17-9-5-3-6-10-17/h3-12,19,21H,2,13-16H2,1H3. The summed E-state index contributed by atoms with van der Waals surface area (Å²) in [4.78, 5) is 0. The summed E-state index contributed by atoms with van der Waals surface area (Å²) in [5.41, 5.74) is 2.51. The van der Waals surface area contributed by atoms with Crippen molar-refractivity contribution in [2.45, 2.75) is 31.3 Å². The Morgan fingerprint density at radius 2 is 1.57 bits per heavy atom. The normalized spacial score (nSPS) is 18.5. The van der Waals surface area contributed by atoms with Gasteiger partial charge in [0.05, 0.1) is 18.8 Å². The van der Waals surface area contributed by atoms with Crippen molar-refractivity contribution >= 4 is 0 Å². The van der Waals surface area contributed by atoms with Gasteiger partial charge in [-0.25, -0.2) is 0 Å². The second kappa shape index (κ2) is 7.73. The lowest BCUT2D eigenvalue weighted by molar-refractivity contribution is -0.147. The fourth-order valence-electron chi connectivity index (χ4n) is 3.12. The van der Waals surface area contributed by atoms with Gasteiger partial charge in [0.15, 0.2) is 0 Å². The SMILES string of the molecule is CCC1(NC(Cc2ccccc2)c2ccccc2)COCOC1. The lowest BCUT2D eigenvalue weighted by Crippen LogP contribution is -2.56. The maximum absolute atomic E-state index is 5.58. The van der Waals surface area contributed by atoms with E-state index in [4.69, 9.17) is 9.47 Å². The van der Waals surface area contributed by atoms with Crippen LogP contribution < -0.4 is 5.32 Å². The molecular weight excluding hydrogens is 286 g/mol. The number of hydrogen-bond acceptors (Lipinski definition) is 3. The van der Waals surface area contributed by atoms with Crippen molar-refractivity contribution in [3.05, 3.63) is 71.8 Å². The maximum Gasteiger partial charge on any atom is 0.146 e. The highest BCUT2D eigenvalue weighted by atomic mass is 16.7. The van der Waals surface area contributed by atoms with Crippen molar-refractivity contribution in [1.82, 2.24) is 5.32 Å². The van der Waals surface area contributed by atoms with Crippen LogP contribution in [0, 0.1) is 0 Å². The monoisotopic (exact) mass is 311 g/mol. The Labute approximate surface area is 138 Å². The van der Waals surface area contributed by atoms with Gasteiger partial charge in [-0.1, -0.05) is 67.6 Å². The van der Waals surface area contributed by atoms with Crippen LogP contribution in [0.4, 0.5) is 0 Å². The number of benzene rings is 2. The van der Waals surface area contributed by atoms with E-state index in [2.05, 4.69) is 72.9 Å². The molecule has 1 unspecified atom stereocenters. The molecule has 3 nitrogen and oxygen atoms in total. The van der Waals surface area contributed by atoms with Crippen LogP contribution in [0.15, 0.2) is 60.7 Å². The first-order chi connectivity index (χ1) is 11.3. The summed E-state index contributed by atoms with van der Waals surface area (Å²) in [6.45, 7) is 3.98. The first-order valence-electron chi connectivity index (χ1n) is 8.33. The van der Waals surface area contributed by atoms with Crippen LogP contribution in [0.25, 0.3) is 0 Å². The molecule has 1 fully saturated rings. The highest BCUT2D eigenvalue weighted by molar-refractivity contribution is 5.24. The molecule has 1 N–H and O–H groups in total. The molecule has 0 radical (unpaired) electrons. The minimum Gasteiger partial charge on any atom is -0.353 e. The fraction of sp³-hybridized carbons (Fsp3) is 0.400. The quantitative estimate of drug-likeness (QED) is 0.882. The molecule has 0 bridgehead atoms. The average Bonchev–Trinajstić information content (AvgIpc) is 2.64. The minimum absolute atomic E-state index is 0.118. The summed E-state index contributed by atoms with van der Waals surface area (Å²) in [5.74, 6) is 0. The van der Waals surface area contributed by atoms with E-state index in [1.165, 1.54) is 11.1 Å². The van der Waals surface area contributed by atoms with Gasteiger partial charge >= 0.3 is 0 Å². The summed E-state index contributed by atoms with van der Waals surface area (Å²) in [7, 11) is 0. The molecule has 0 amide bonds. The van der Waals surface area contributed by atoms with Crippen LogP contribution in [0.2, 0.25) is 0 Å². The Balaban J connectivity index is 1.82. The molecule has 1 aliphatic heterocycles. The molecule has 3 heteroatoms. The zero-order valence-electron chi connectivity index (χ0n) is 13.7. The van der Waals surface area contributed by atoms with Gasteiger partial charge in [-0.05, 0) is 24.0 Å². The summed E-state index contributed by atoms with van der Waals surface area (Å²) >= 11 is 0. The first kappa shape index (κ1) is 16.2. The molecule has 0 aromatic heterocycles. The van der Waals surface area contributed by atoms with Gasteiger partial charge in [0.2, 0.25) is 0 Å². The molecule has 1 heterocycles. The van der Waals surface area contributed by atoms with Gasteiger partial charge in [0, 0.05) is 6.04 Å². The molecule has 0 aliphatic carbocycles. The molecule has 122 valence electrons. The van der Waals surface area contributed by atoms with E-state index in [1.54, 1.807) is 0 Å². The third-order valence-electron chi connectivity index (χ3n) is 4.57. The maximum atomic E-state index is 5.58. The molecular formula is C20H25NO2. The molecule has 1 aliphatic rings. The van der Waals surface area contributed by atoms with Crippen LogP contribution in [0.1, 0.15) is 30.5 Å². The number of hydrogen-bond donors (Lipinski definition) is 1. The van der Waals surface area contributed by atoms with Crippen LogP contribution in [-0.2, 0) is 15.9 Å². The topological polar surface area (TPSA) is 30.5 Å². The van der Waals surface area contributed by atoms with Crippen molar-refractivity contribution in [2.24, 2.45) is 0 Å². The number of rotatable bonds is 6. The van der Waals surface area contributed by atoms with Crippen LogP contribution in [-0.4, -0.2) is 25.5 Å². The van der Waals surface area contributed by atoms with E-state index in [-0.39, 0.29) is 11.6 Å². The van der Waals surface area contributed by atoms with E-state index in [0.717, 1.165) is 12.8 Å². The first-order valence-corrected chi connectivity index (χ1v) is 8.33. The Hall–Kier alpha value is -1.68. The Morgan fingerprint density at radius 1 is 0.957 bits per heavy atom. The van der Waals surface area contributed by atoms with Crippen LogP contribution in [0.3, 0.4) is 0 Å². The summed E-state index contributed by atoms with van der Waals surface area (Å²) < 4.78 is 11.2. The van der Waals surface area contributed by atoms with Gasteiger partial charge in [-0.2, -0.15) is 0 Å².